The molecule has 0 aliphatic carbocycles. The van der Waals surface area contributed by atoms with Crippen LogP contribution in [0.2, 0.25) is 35.2 Å². The highest BCUT2D eigenvalue weighted by Crippen LogP contribution is 2.27. The summed E-state index contributed by atoms with van der Waals surface area (Å²) >= 11 is 44.9. The molecular formula is C45H28BrCl7O3. The third-order valence-electron chi connectivity index (χ3n) is 7.50. The number of hydrogen-bond donors (Lipinski definition) is 0. The normalized spacial score (nSPS) is 10.9. The Balaban J connectivity index is 0.000000187. The van der Waals surface area contributed by atoms with Gasteiger partial charge in [-0.1, -0.05) is 140 Å². The topological polar surface area (TPSA) is 51.2 Å². The number of halogens is 8. The number of benzene rings is 6. The van der Waals surface area contributed by atoms with Gasteiger partial charge in [-0.15, -0.1) is 0 Å². The number of carbonyl (C=O) groups excluding carboxylic acids is 3. The van der Waals surface area contributed by atoms with Crippen molar-refractivity contribution in [3.05, 3.63) is 225 Å². The lowest BCUT2D eigenvalue weighted by molar-refractivity contribution is 0.103. The molecule has 0 spiro atoms. The Kier molecular flexibility index (Phi) is 18.2. The van der Waals surface area contributed by atoms with Gasteiger partial charge in [0.15, 0.2) is 17.3 Å². The van der Waals surface area contributed by atoms with E-state index in [4.69, 9.17) is 81.2 Å². The van der Waals surface area contributed by atoms with E-state index < -0.39 is 0 Å². The zero-order chi connectivity index (χ0) is 40.6. The van der Waals surface area contributed by atoms with Gasteiger partial charge >= 0.3 is 0 Å². The van der Waals surface area contributed by atoms with Crippen molar-refractivity contribution in [2.45, 2.75) is 0 Å². The van der Waals surface area contributed by atoms with Crippen LogP contribution in [0.3, 0.4) is 0 Å². The molecule has 0 heterocycles. The van der Waals surface area contributed by atoms with Gasteiger partial charge in [0, 0.05) is 62.4 Å². The lowest BCUT2D eigenvalue weighted by Gasteiger charge is -2.01. The summed E-state index contributed by atoms with van der Waals surface area (Å²) in [6, 6.07) is 38.5. The van der Waals surface area contributed by atoms with E-state index >= 15 is 0 Å². The summed E-state index contributed by atoms with van der Waals surface area (Å²) in [7, 11) is 0. The van der Waals surface area contributed by atoms with Crippen molar-refractivity contribution in [3.63, 3.8) is 0 Å². The second kappa shape index (κ2) is 22.7. The first-order valence-corrected chi connectivity index (χ1v) is 19.8. The first-order chi connectivity index (χ1) is 26.8. The number of rotatable bonds is 9. The average molecular weight is 945 g/mol. The maximum Gasteiger partial charge on any atom is 0.187 e. The van der Waals surface area contributed by atoms with Gasteiger partial charge in [-0.3, -0.25) is 14.4 Å². The minimum Gasteiger partial charge on any atom is -0.289 e. The van der Waals surface area contributed by atoms with Crippen LogP contribution in [0.15, 0.2) is 156 Å². The minimum atomic E-state index is -0.193. The summed E-state index contributed by atoms with van der Waals surface area (Å²) in [5, 5.41) is 3.70. The zero-order valence-electron chi connectivity index (χ0n) is 28.9. The Morgan fingerprint density at radius 3 is 1.23 bits per heavy atom. The Labute approximate surface area is 368 Å². The highest BCUT2D eigenvalue weighted by molar-refractivity contribution is 9.10. The fraction of sp³-hybridized carbons (Fsp3) is 0. The third-order valence-corrected chi connectivity index (χ3v) is 10.2. The SMILES string of the molecule is O=C(/C=C/c1c(Cl)cccc1Cl)c1ccc(Cl)cc1.O=C(/C=C/c1c(Cl)cccc1Cl)c1ccccc1Cl.O=C(/C=C/c1ccc(Cl)cc1)c1ccc(Br)cc1. The lowest BCUT2D eigenvalue weighted by Crippen LogP contribution is -1.94. The van der Waals surface area contributed by atoms with E-state index in [1.807, 2.05) is 24.3 Å². The van der Waals surface area contributed by atoms with Crippen LogP contribution in [0, 0.1) is 0 Å². The molecule has 3 nitrogen and oxygen atoms in total. The second-order valence-corrected chi connectivity index (χ2v) is 15.2. The summed E-state index contributed by atoms with van der Waals surface area (Å²) in [4.78, 5) is 35.8. The van der Waals surface area contributed by atoms with Crippen molar-refractivity contribution >= 4 is 133 Å². The molecule has 0 amide bonds. The molecule has 0 radical (unpaired) electrons. The smallest absolute Gasteiger partial charge is 0.187 e. The third kappa shape index (κ3) is 14.2. The van der Waals surface area contributed by atoms with Gasteiger partial charge in [-0.05, 0) is 133 Å². The molecule has 0 fully saturated rings. The molecule has 0 aromatic heterocycles. The Morgan fingerprint density at radius 1 is 0.393 bits per heavy atom. The maximum absolute atomic E-state index is 12.0. The zero-order valence-corrected chi connectivity index (χ0v) is 35.8. The van der Waals surface area contributed by atoms with Crippen LogP contribution in [-0.2, 0) is 0 Å². The van der Waals surface area contributed by atoms with Crippen molar-refractivity contribution in [3.8, 4) is 0 Å². The molecule has 6 aromatic carbocycles. The standard InChI is InChI=1S/C15H10BrClO.2C15H9Cl3O/c16-13-6-4-12(5-7-13)15(18)10-3-11-1-8-14(17)9-2-11;16-12-6-3-7-13(17)10(12)8-9-15(19)11-4-1-2-5-14(11)18;16-11-6-4-10(5-7-11)15(19)9-8-12-13(17)2-1-3-14(12)18/h1-10H;2*1-9H/b10-3+;2*9-8+. The highest BCUT2D eigenvalue weighted by Gasteiger charge is 2.08. The van der Waals surface area contributed by atoms with Gasteiger partial charge in [-0.25, -0.2) is 0 Å². The highest BCUT2D eigenvalue weighted by atomic mass is 79.9. The van der Waals surface area contributed by atoms with E-state index in [2.05, 4.69) is 15.9 Å². The lowest BCUT2D eigenvalue weighted by atomic mass is 10.1. The molecule has 56 heavy (non-hydrogen) atoms. The van der Waals surface area contributed by atoms with E-state index in [9.17, 15) is 14.4 Å². The monoisotopic (exact) mass is 940 g/mol. The van der Waals surface area contributed by atoms with E-state index in [1.54, 1.807) is 133 Å². The van der Waals surface area contributed by atoms with Crippen LogP contribution in [0.4, 0.5) is 0 Å². The maximum atomic E-state index is 12.0. The summed E-state index contributed by atoms with van der Waals surface area (Å²) < 4.78 is 0.959. The molecule has 0 aliphatic heterocycles. The van der Waals surface area contributed by atoms with Crippen LogP contribution in [-0.4, -0.2) is 17.3 Å². The fourth-order valence-electron chi connectivity index (χ4n) is 4.58. The molecule has 11 heteroatoms. The second-order valence-electron chi connectivity index (χ2n) is 11.4. The van der Waals surface area contributed by atoms with Crippen molar-refractivity contribution < 1.29 is 14.4 Å². The number of carbonyl (C=O) groups is 3. The molecule has 0 N–H and O–H groups in total. The van der Waals surface area contributed by atoms with E-state index in [-0.39, 0.29) is 17.3 Å². The summed E-state index contributed by atoms with van der Waals surface area (Å²) in [5.41, 5.74) is 3.88. The van der Waals surface area contributed by atoms with E-state index in [1.165, 1.54) is 12.2 Å². The van der Waals surface area contributed by atoms with Crippen molar-refractivity contribution in [2.24, 2.45) is 0 Å². The molecule has 0 saturated heterocycles. The van der Waals surface area contributed by atoms with Crippen LogP contribution in [0.1, 0.15) is 47.8 Å². The van der Waals surface area contributed by atoms with Gasteiger partial charge in [0.25, 0.3) is 0 Å². The quantitative estimate of drug-likeness (QED) is 0.107. The van der Waals surface area contributed by atoms with Gasteiger partial charge in [0.05, 0.1) is 5.02 Å². The largest absolute Gasteiger partial charge is 0.289 e. The van der Waals surface area contributed by atoms with E-state index in [0.29, 0.717) is 63.0 Å². The number of allylic oxidation sites excluding steroid dienone is 3. The molecule has 282 valence electrons. The molecular weight excluding hydrogens is 917 g/mol. The predicted molar refractivity (Wildman–Crippen MR) is 242 cm³/mol. The van der Waals surface area contributed by atoms with Crippen LogP contribution in [0.25, 0.3) is 18.2 Å². The number of hydrogen-bond acceptors (Lipinski definition) is 3. The van der Waals surface area contributed by atoms with Gasteiger partial charge in [0.1, 0.15) is 0 Å². The first-order valence-electron chi connectivity index (χ1n) is 16.4. The molecule has 6 aromatic rings. The minimum absolute atomic E-state index is 0.0162. The van der Waals surface area contributed by atoms with Gasteiger partial charge < -0.3 is 0 Å². The van der Waals surface area contributed by atoms with Crippen LogP contribution < -0.4 is 0 Å². The van der Waals surface area contributed by atoms with E-state index in [0.717, 1.165) is 10.0 Å². The van der Waals surface area contributed by atoms with Crippen molar-refractivity contribution in [1.29, 1.82) is 0 Å². The Bertz CT molecular complexity index is 2350. The summed E-state index contributed by atoms with van der Waals surface area (Å²) in [6.07, 6.45) is 9.40. The molecule has 0 saturated carbocycles. The Hall–Kier alpha value is -3.94. The van der Waals surface area contributed by atoms with Crippen LogP contribution >= 0.6 is 97.1 Å². The van der Waals surface area contributed by atoms with Gasteiger partial charge in [0.2, 0.25) is 0 Å². The molecule has 0 bridgehead atoms. The Morgan fingerprint density at radius 2 is 0.768 bits per heavy atom. The van der Waals surface area contributed by atoms with Gasteiger partial charge in [-0.2, -0.15) is 0 Å². The van der Waals surface area contributed by atoms with Crippen molar-refractivity contribution in [1.82, 2.24) is 0 Å². The van der Waals surface area contributed by atoms with Crippen LogP contribution in [0.5, 0.6) is 0 Å². The molecule has 6 rings (SSSR count). The first kappa shape index (κ1) is 44.8. The summed E-state index contributed by atoms with van der Waals surface area (Å²) in [6.45, 7) is 0. The average Bonchev–Trinajstić information content (AvgIpc) is 3.18. The molecule has 0 unspecified atom stereocenters. The van der Waals surface area contributed by atoms with Crippen molar-refractivity contribution in [2.75, 3.05) is 0 Å². The summed E-state index contributed by atoms with van der Waals surface area (Å²) in [5.74, 6) is -0.341. The molecule has 0 aliphatic rings. The molecule has 0 atom stereocenters. The number of ketones is 3. The predicted octanol–water partition coefficient (Wildman–Crippen LogP) is 16.1. The fourth-order valence-corrected chi connectivity index (χ4v) is 6.37.